The second kappa shape index (κ2) is 8.19. The molecule has 0 spiro atoms. The lowest BCUT2D eigenvalue weighted by Crippen LogP contribution is -2.25. The maximum absolute atomic E-state index is 6.78. The highest BCUT2D eigenvalue weighted by Crippen LogP contribution is 2.72. The molecular weight excluding hydrogens is 416 g/mol. The van der Waals surface area contributed by atoms with Gasteiger partial charge >= 0.3 is 0 Å². The predicted octanol–water partition coefficient (Wildman–Crippen LogP) is 7.28. The monoisotopic (exact) mass is 442 g/mol. The van der Waals surface area contributed by atoms with Crippen molar-refractivity contribution in [2.75, 3.05) is 13.2 Å². The zero-order chi connectivity index (χ0) is 21.5. The first-order valence-corrected chi connectivity index (χ1v) is 11.9. The summed E-state index contributed by atoms with van der Waals surface area (Å²) in [6.45, 7) is 1.57. The van der Waals surface area contributed by atoms with E-state index in [0.29, 0.717) is 11.8 Å². The molecule has 0 N–H and O–H groups in total. The molecule has 162 valence electrons. The van der Waals surface area contributed by atoms with Crippen LogP contribution in [0.15, 0.2) is 90.5 Å². The van der Waals surface area contributed by atoms with Crippen LogP contribution < -0.4 is 0 Å². The Hall–Kier alpha value is -2.39. The van der Waals surface area contributed by atoms with Gasteiger partial charge in [-0.05, 0) is 47.6 Å². The second-order valence-corrected chi connectivity index (χ2v) is 9.87. The summed E-state index contributed by atoms with van der Waals surface area (Å²) >= 11 is 6.15. The average Bonchev–Trinajstić information content (AvgIpc) is 3.72. The smallest absolute Gasteiger partial charge is 0.0913 e. The highest BCUT2D eigenvalue weighted by Gasteiger charge is 2.69. The van der Waals surface area contributed by atoms with Crippen molar-refractivity contribution >= 4 is 17.7 Å². The van der Waals surface area contributed by atoms with Crippen molar-refractivity contribution in [2.24, 2.45) is 17.3 Å². The lowest BCUT2D eigenvalue weighted by molar-refractivity contribution is -0.0530. The topological polar surface area (TPSA) is 18.5 Å². The first-order chi connectivity index (χ1) is 15.7. The van der Waals surface area contributed by atoms with Crippen LogP contribution >= 0.6 is 11.6 Å². The van der Waals surface area contributed by atoms with Gasteiger partial charge in [-0.15, -0.1) is 0 Å². The Morgan fingerprint density at radius 2 is 1.69 bits per heavy atom. The molecule has 2 saturated carbocycles. The maximum atomic E-state index is 6.78. The van der Waals surface area contributed by atoms with Crippen molar-refractivity contribution in [3.63, 3.8) is 0 Å². The summed E-state index contributed by atoms with van der Waals surface area (Å²) in [5, 5.41) is 0.760. The summed E-state index contributed by atoms with van der Waals surface area (Å²) < 4.78 is 13.1. The Morgan fingerprint density at radius 1 is 0.969 bits per heavy atom. The van der Waals surface area contributed by atoms with Crippen LogP contribution in [-0.2, 0) is 9.47 Å². The third-order valence-corrected chi connectivity index (χ3v) is 7.63. The zero-order valence-corrected chi connectivity index (χ0v) is 18.7. The Morgan fingerprint density at radius 3 is 2.41 bits per heavy atom. The van der Waals surface area contributed by atoms with Crippen LogP contribution in [0.1, 0.15) is 41.7 Å². The third kappa shape index (κ3) is 3.71. The largest absolute Gasteiger partial charge is 0.373 e. The number of benzene rings is 3. The SMILES string of the molecule is Clc1ccc([C@H]2OCC3CC32[C@@H](OCC2C/C2=C\c2ccccc2)c2ccccc2)cc1. The van der Waals surface area contributed by atoms with Gasteiger partial charge in [-0.2, -0.15) is 0 Å². The summed E-state index contributed by atoms with van der Waals surface area (Å²) in [4.78, 5) is 0. The first kappa shape index (κ1) is 20.2. The van der Waals surface area contributed by atoms with E-state index >= 15 is 0 Å². The minimum Gasteiger partial charge on any atom is -0.373 e. The highest BCUT2D eigenvalue weighted by molar-refractivity contribution is 6.30. The number of rotatable bonds is 7. The minimum atomic E-state index is 0.00732. The van der Waals surface area contributed by atoms with Crippen molar-refractivity contribution in [2.45, 2.75) is 25.0 Å². The first-order valence-electron chi connectivity index (χ1n) is 11.5. The molecule has 0 radical (unpaired) electrons. The van der Waals surface area contributed by atoms with Gasteiger partial charge in [0.2, 0.25) is 0 Å². The quantitative estimate of drug-likeness (QED) is 0.382. The van der Waals surface area contributed by atoms with E-state index in [0.717, 1.165) is 31.1 Å². The van der Waals surface area contributed by atoms with Gasteiger partial charge in [0.15, 0.2) is 0 Å². The minimum absolute atomic E-state index is 0.00732. The maximum Gasteiger partial charge on any atom is 0.0913 e. The lowest BCUT2D eigenvalue weighted by atomic mass is 9.83. The van der Waals surface area contributed by atoms with Crippen molar-refractivity contribution in [1.82, 2.24) is 0 Å². The Labute approximate surface area is 194 Å². The fraction of sp³-hybridized carbons (Fsp3) is 0.310. The van der Waals surface area contributed by atoms with Gasteiger partial charge in [0.1, 0.15) is 0 Å². The molecule has 3 aliphatic rings. The average molecular weight is 443 g/mol. The van der Waals surface area contributed by atoms with E-state index in [2.05, 4.69) is 78.9 Å². The van der Waals surface area contributed by atoms with Crippen molar-refractivity contribution in [1.29, 1.82) is 0 Å². The molecule has 3 heteroatoms. The fourth-order valence-electron chi connectivity index (χ4n) is 5.51. The number of hydrogen-bond acceptors (Lipinski definition) is 2. The molecular formula is C29H27ClO2. The molecule has 3 aromatic carbocycles. The molecule has 0 aromatic heterocycles. The van der Waals surface area contributed by atoms with Crippen LogP contribution in [0.2, 0.25) is 5.02 Å². The molecule has 0 bridgehead atoms. The van der Waals surface area contributed by atoms with Gasteiger partial charge in [0, 0.05) is 16.4 Å². The summed E-state index contributed by atoms with van der Waals surface area (Å²) in [6, 6.07) is 29.4. The summed E-state index contributed by atoms with van der Waals surface area (Å²) in [6.07, 6.45) is 4.68. The molecule has 3 unspecified atom stereocenters. The van der Waals surface area contributed by atoms with Crippen molar-refractivity contribution in [3.8, 4) is 0 Å². The Balaban J connectivity index is 1.24. The van der Waals surface area contributed by atoms with E-state index in [-0.39, 0.29) is 17.6 Å². The zero-order valence-electron chi connectivity index (χ0n) is 18.0. The van der Waals surface area contributed by atoms with E-state index in [1.807, 2.05) is 12.1 Å². The van der Waals surface area contributed by atoms with Crippen LogP contribution in [0.25, 0.3) is 6.08 Å². The van der Waals surface area contributed by atoms with Crippen LogP contribution in [0.3, 0.4) is 0 Å². The predicted molar refractivity (Wildman–Crippen MR) is 128 cm³/mol. The normalized spacial score (nSPS) is 30.2. The van der Waals surface area contributed by atoms with Crippen molar-refractivity contribution < 1.29 is 9.47 Å². The molecule has 2 nitrogen and oxygen atoms in total. The van der Waals surface area contributed by atoms with Crippen LogP contribution in [0, 0.1) is 17.3 Å². The molecule has 1 heterocycles. The van der Waals surface area contributed by atoms with E-state index in [1.165, 1.54) is 22.3 Å². The van der Waals surface area contributed by atoms with Crippen LogP contribution in [-0.4, -0.2) is 13.2 Å². The van der Waals surface area contributed by atoms with Crippen LogP contribution in [0.5, 0.6) is 0 Å². The van der Waals surface area contributed by atoms with Gasteiger partial charge in [0.05, 0.1) is 25.4 Å². The molecule has 6 rings (SSSR count). The Kier molecular flexibility index (Phi) is 5.18. The van der Waals surface area contributed by atoms with E-state index in [4.69, 9.17) is 21.1 Å². The fourth-order valence-corrected chi connectivity index (χ4v) is 5.63. The van der Waals surface area contributed by atoms with E-state index in [1.54, 1.807) is 0 Å². The standard InChI is InChI=1S/C29H27ClO2/c30-26-13-11-22(12-14-26)28-29(17-25(29)19-32-28)27(21-9-5-2-6-10-21)31-18-24-16-23(24)15-20-7-3-1-4-8-20/h1-15,24-25,27-28H,16-19H2/b23-15+/t24?,25?,27-,28+,29?/m0/s1. The molecule has 1 saturated heterocycles. The van der Waals surface area contributed by atoms with Gasteiger partial charge in [0.25, 0.3) is 0 Å². The van der Waals surface area contributed by atoms with Crippen molar-refractivity contribution in [3.05, 3.63) is 112 Å². The molecule has 5 atom stereocenters. The number of fused-ring (bicyclic) bond motifs is 1. The summed E-state index contributed by atoms with van der Waals surface area (Å²) in [5.74, 6) is 1.07. The van der Waals surface area contributed by atoms with E-state index in [9.17, 15) is 0 Å². The summed E-state index contributed by atoms with van der Waals surface area (Å²) in [5.41, 5.74) is 5.24. The molecule has 0 amide bonds. The molecule has 32 heavy (non-hydrogen) atoms. The third-order valence-electron chi connectivity index (χ3n) is 7.38. The molecule has 3 aromatic rings. The number of ether oxygens (including phenoxy) is 2. The van der Waals surface area contributed by atoms with Gasteiger partial charge in [-0.1, -0.05) is 96.0 Å². The number of hydrogen-bond donors (Lipinski definition) is 0. The molecule has 3 fully saturated rings. The molecule has 1 aliphatic heterocycles. The van der Waals surface area contributed by atoms with E-state index < -0.39 is 0 Å². The Bertz CT molecular complexity index is 1110. The van der Waals surface area contributed by atoms with Gasteiger partial charge < -0.3 is 9.47 Å². The highest BCUT2D eigenvalue weighted by atomic mass is 35.5. The lowest BCUT2D eigenvalue weighted by Gasteiger charge is -2.32. The van der Waals surface area contributed by atoms with Gasteiger partial charge in [-0.3, -0.25) is 0 Å². The molecule has 2 aliphatic carbocycles. The van der Waals surface area contributed by atoms with Crippen LogP contribution in [0.4, 0.5) is 0 Å². The van der Waals surface area contributed by atoms with Gasteiger partial charge in [-0.25, -0.2) is 0 Å². The number of halogens is 1. The summed E-state index contributed by atoms with van der Waals surface area (Å²) in [7, 11) is 0. The second-order valence-electron chi connectivity index (χ2n) is 9.43.